The smallest absolute Gasteiger partial charge is 0.263 e. The number of hydrogen-bond acceptors (Lipinski definition) is 9. The van der Waals surface area contributed by atoms with Crippen LogP contribution < -0.4 is 27.8 Å². The van der Waals surface area contributed by atoms with E-state index in [9.17, 15) is 9.59 Å². The zero-order valence-electron chi connectivity index (χ0n) is 20.6. The second-order valence-electron chi connectivity index (χ2n) is 8.73. The van der Waals surface area contributed by atoms with Crippen LogP contribution >= 0.6 is 22.7 Å². The number of nitrogens with zero attached hydrogens (tertiary/aromatic N) is 2. The summed E-state index contributed by atoms with van der Waals surface area (Å²) in [7, 11) is 0. The molecule has 190 valence electrons. The summed E-state index contributed by atoms with van der Waals surface area (Å²) in [6.07, 6.45) is 5.22. The summed E-state index contributed by atoms with van der Waals surface area (Å²) in [6.45, 7) is 9.13. The lowest BCUT2D eigenvalue weighted by molar-refractivity contribution is 0.0936. The zero-order chi connectivity index (χ0) is 25.3. The van der Waals surface area contributed by atoms with Crippen molar-refractivity contribution in [2.45, 2.75) is 84.3 Å². The van der Waals surface area contributed by atoms with Crippen LogP contribution in [0.25, 0.3) is 0 Å². The average Bonchev–Trinajstić information content (AvgIpc) is 3.37. The number of hydrogen-bond donors (Lipinski definition) is 5. The van der Waals surface area contributed by atoms with E-state index in [1.165, 1.54) is 22.7 Å². The van der Waals surface area contributed by atoms with Crippen molar-refractivity contribution in [1.29, 1.82) is 0 Å². The van der Waals surface area contributed by atoms with Gasteiger partial charge in [0.2, 0.25) is 0 Å². The Morgan fingerprint density at radius 2 is 1.62 bits per heavy atom. The maximum absolute atomic E-state index is 13.3. The van der Waals surface area contributed by atoms with Gasteiger partial charge < -0.3 is 27.8 Å². The number of carbonyl (C=O) groups excluding carboxylic acids is 2. The van der Waals surface area contributed by atoms with Crippen LogP contribution in [-0.2, 0) is 6.42 Å². The molecule has 2 heterocycles. The standard InChI is InChI=1S/C23H39N7O2S2/c1-13(2)27-16(9-5-7-11-24)19-21(33-15(4)29-19)23(32)28-14(3)18-20(22(26)31)34-17(30-18)10-6-8-12-25/h13-14,16,27H,5-12,24-25H2,1-4H3,(H2,26,31)(H,28,32)/t14-,16-/m0/s1. The van der Waals surface area contributed by atoms with Crippen molar-refractivity contribution in [3.05, 3.63) is 31.2 Å². The molecule has 2 aromatic heterocycles. The van der Waals surface area contributed by atoms with Crippen LogP contribution in [0.2, 0.25) is 0 Å². The topological polar surface area (TPSA) is 162 Å². The summed E-state index contributed by atoms with van der Waals surface area (Å²) >= 11 is 2.67. The van der Waals surface area contributed by atoms with Gasteiger partial charge >= 0.3 is 0 Å². The van der Waals surface area contributed by atoms with Gasteiger partial charge in [-0.1, -0.05) is 20.3 Å². The van der Waals surface area contributed by atoms with Crippen LogP contribution in [0.3, 0.4) is 0 Å². The number of nitrogens with two attached hydrogens (primary N) is 3. The molecule has 0 aromatic carbocycles. The first-order chi connectivity index (χ1) is 16.2. The molecule has 2 atom stereocenters. The molecule has 0 saturated heterocycles. The van der Waals surface area contributed by atoms with E-state index in [2.05, 4.69) is 29.5 Å². The number of carbonyl (C=O) groups is 2. The first kappa shape index (κ1) is 28.3. The summed E-state index contributed by atoms with van der Waals surface area (Å²) in [5, 5.41) is 8.22. The van der Waals surface area contributed by atoms with Crippen molar-refractivity contribution in [2.75, 3.05) is 13.1 Å². The number of rotatable bonds is 15. The Hall–Kier alpha value is -1.92. The van der Waals surface area contributed by atoms with Gasteiger partial charge in [0, 0.05) is 6.04 Å². The highest BCUT2D eigenvalue weighted by atomic mass is 32.1. The van der Waals surface area contributed by atoms with Gasteiger partial charge in [-0.15, -0.1) is 22.7 Å². The van der Waals surface area contributed by atoms with Crippen molar-refractivity contribution in [3.63, 3.8) is 0 Å². The molecule has 0 fully saturated rings. The third-order valence-corrected chi connectivity index (χ3v) is 7.43. The van der Waals surface area contributed by atoms with Crippen LogP contribution in [-0.4, -0.2) is 40.9 Å². The van der Waals surface area contributed by atoms with Gasteiger partial charge in [-0.3, -0.25) is 9.59 Å². The minimum absolute atomic E-state index is 0.0397. The maximum Gasteiger partial charge on any atom is 0.263 e. The summed E-state index contributed by atoms with van der Waals surface area (Å²) in [4.78, 5) is 35.7. The fourth-order valence-corrected chi connectivity index (χ4v) is 5.68. The van der Waals surface area contributed by atoms with Gasteiger partial charge in [-0.05, 0) is 59.0 Å². The fraction of sp³-hybridized carbons (Fsp3) is 0.652. The molecular formula is C23H39N7O2S2. The summed E-state index contributed by atoms with van der Waals surface area (Å²) in [6, 6.07) is -0.272. The minimum Gasteiger partial charge on any atom is -0.365 e. The molecule has 2 amide bonds. The van der Waals surface area contributed by atoms with Crippen molar-refractivity contribution in [1.82, 2.24) is 20.6 Å². The largest absolute Gasteiger partial charge is 0.365 e. The van der Waals surface area contributed by atoms with E-state index in [0.29, 0.717) is 28.5 Å². The average molecular weight is 510 g/mol. The SMILES string of the molecule is Cc1nc([C@H](CCCCN)NC(C)C)c(C(=O)N[C@@H](C)c2nc(CCCCN)sc2C(N)=O)s1. The number of nitrogens with one attached hydrogen (secondary N) is 2. The summed E-state index contributed by atoms with van der Waals surface area (Å²) < 4.78 is 0. The van der Waals surface area contributed by atoms with E-state index in [0.717, 1.165) is 54.2 Å². The molecule has 11 heteroatoms. The third-order valence-electron chi connectivity index (χ3n) is 5.30. The first-order valence-electron chi connectivity index (χ1n) is 11.9. The van der Waals surface area contributed by atoms with E-state index in [-0.39, 0.29) is 18.0 Å². The van der Waals surface area contributed by atoms with Gasteiger partial charge in [0.1, 0.15) is 9.75 Å². The molecule has 9 nitrogen and oxygen atoms in total. The van der Waals surface area contributed by atoms with Gasteiger partial charge in [0.05, 0.1) is 33.5 Å². The van der Waals surface area contributed by atoms with Gasteiger partial charge in [-0.25, -0.2) is 9.97 Å². The van der Waals surface area contributed by atoms with Crippen LogP contribution in [0.5, 0.6) is 0 Å². The molecule has 0 saturated carbocycles. The van der Waals surface area contributed by atoms with Crippen LogP contribution in [0.1, 0.15) is 106 Å². The molecule has 34 heavy (non-hydrogen) atoms. The molecule has 2 aromatic rings. The molecule has 0 aliphatic heterocycles. The quantitative estimate of drug-likeness (QED) is 0.230. The lowest BCUT2D eigenvalue weighted by Crippen LogP contribution is -2.32. The van der Waals surface area contributed by atoms with E-state index < -0.39 is 11.9 Å². The van der Waals surface area contributed by atoms with Gasteiger partial charge in [0.25, 0.3) is 11.8 Å². The normalized spacial score (nSPS) is 13.3. The number of thiazole rings is 2. The summed E-state index contributed by atoms with van der Waals surface area (Å²) in [5.74, 6) is -0.760. The van der Waals surface area contributed by atoms with Crippen LogP contribution in [0.15, 0.2) is 0 Å². The van der Waals surface area contributed by atoms with Crippen LogP contribution in [0.4, 0.5) is 0 Å². The van der Waals surface area contributed by atoms with E-state index >= 15 is 0 Å². The second kappa shape index (κ2) is 13.8. The first-order valence-corrected chi connectivity index (χ1v) is 13.5. The predicted octanol–water partition coefficient (Wildman–Crippen LogP) is 2.95. The van der Waals surface area contributed by atoms with Crippen molar-refractivity contribution in [2.24, 2.45) is 17.2 Å². The van der Waals surface area contributed by atoms with Crippen molar-refractivity contribution in [3.8, 4) is 0 Å². The molecule has 0 aliphatic rings. The monoisotopic (exact) mass is 509 g/mol. The van der Waals surface area contributed by atoms with Gasteiger partial charge in [0.15, 0.2) is 0 Å². The van der Waals surface area contributed by atoms with Crippen molar-refractivity contribution < 1.29 is 9.59 Å². The molecule has 0 unspecified atom stereocenters. The molecule has 0 spiro atoms. The lowest BCUT2D eigenvalue weighted by atomic mass is 10.0. The van der Waals surface area contributed by atoms with E-state index in [4.69, 9.17) is 22.2 Å². The molecule has 0 aliphatic carbocycles. The molecule has 0 bridgehead atoms. The van der Waals surface area contributed by atoms with Crippen LogP contribution in [0, 0.1) is 6.92 Å². The molecular weight excluding hydrogens is 470 g/mol. The zero-order valence-corrected chi connectivity index (χ0v) is 22.3. The molecule has 0 radical (unpaired) electrons. The maximum atomic E-state index is 13.3. The highest BCUT2D eigenvalue weighted by Gasteiger charge is 2.27. The second-order valence-corrected chi connectivity index (χ2v) is 11.0. The minimum atomic E-state index is -0.533. The number of aryl methyl sites for hydroxylation is 2. The van der Waals surface area contributed by atoms with E-state index in [1.54, 1.807) is 0 Å². The Balaban J connectivity index is 2.24. The number of aromatic nitrogens is 2. The lowest BCUT2D eigenvalue weighted by Gasteiger charge is -2.21. The Bertz CT molecular complexity index is 942. The highest BCUT2D eigenvalue weighted by Crippen LogP contribution is 2.29. The van der Waals surface area contributed by atoms with E-state index in [1.807, 2.05) is 13.8 Å². The Labute approximate surface area is 210 Å². The highest BCUT2D eigenvalue weighted by molar-refractivity contribution is 7.14. The summed E-state index contributed by atoms with van der Waals surface area (Å²) in [5.41, 5.74) is 18.1. The Morgan fingerprint density at radius 1 is 0.941 bits per heavy atom. The Morgan fingerprint density at radius 3 is 2.24 bits per heavy atom. The number of unbranched alkanes of at least 4 members (excludes halogenated alkanes) is 2. The predicted molar refractivity (Wildman–Crippen MR) is 139 cm³/mol. The number of amides is 2. The number of primary amides is 1. The van der Waals surface area contributed by atoms with Crippen molar-refractivity contribution >= 4 is 34.5 Å². The molecule has 2 rings (SSSR count). The third kappa shape index (κ3) is 8.09. The molecule has 8 N–H and O–H groups in total. The Kier molecular flexibility index (Phi) is 11.5. The van der Waals surface area contributed by atoms with Gasteiger partial charge in [-0.2, -0.15) is 0 Å². The fourth-order valence-electron chi connectivity index (χ4n) is 3.74.